The van der Waals surface area contributed by atoms with Crippen LogP contribution in [0.3, 0.4) is 0 Å². The third-order valence-electron chi connectivity index (χ3n) is 2.96. The average Bonchev–Trinajstić information content (AvgIpc) is 2.36. The molecule has 4 heteroatoms. The molecule has 0 aliphatic heterocycles. The molecule has 0 fully saturated rings. The molecule has 0 aliphatic rings. The van der Waals surface area contributed by atoms with E-state index in [9.17, 15) is 9.50 Å². The van der Waals surface area contributed by atoms with Crippen molar-refractivity contribution in [3.05, 3.63) is 29.6 Å². The van der Waals surface area contributed by atoms with E-state index >= 15 is 0 Å². The fourth-order valence-electron chi connectivity index (χ4n) is 2.00. The molecule has 0 aliphatic carbocycles. The van der Waals surface area contributed by atoms with Gasteiger partial charge in [-0.15, -0.1) is 0 Å². The Morgan fingerprint density at radius 1 is 1.39 bits per heavy atom. The van der Waals surface area contributed by atoms with E-state index in [-0.39, 0.29) is 5.56 Å². The molecule has 1 unspecified atom stereocenters. The molecular formula is C14H22FNO2. The van der Waals surface area contributed by atoms with Crippen molar-refractivity contribution in [1.82, 2.24) is 4.90 Å². The summed E-state index contributed by atoms with van der Waals surface area (Å²) in [6, 6.07) is 4.59. The summed E-state index contributed by atoms with van der Waals surface area (Å²) in [5, 5.41) is 10.1. The predicted octanol–water partition coefficient (Wildman–Crippen LogP) is 2.60. The molecule has 0 aromatic heterocycles. The lowest BCUT2D eigenvalue weighted by Crippen LogP contribution is -2.22. The Bertz CT molecular complexity index is 371. The van der Waals surface area contributed by atoms with Crippen LogP contribution in [0.2, 0.25) is 0 Å². The van der Waals surface area contributed by atoms with Crippen molar-refractivity contribution in [3.63, 3.8) is 0 Å². The van der Waals surface area contributed by atoms with Crippen LogP contribution in [0.25, 0.3) is 0 Å². The minimum atomic E-state index is -0.833. The summed E-state index contributed by atoms with van der Waals surface area (Å²) in [7, 11) is 3.48. The van der Waals surface area contributed by atoms with Crippen molar-refractivity contribution in [2.24, 2.45) is 0 Å². The van der Waals surface area contributed by atoms with Crippen LogP contribution in [-0.4, -0.2) is 37.3 Å². The van der Waals surface area contributed by atoms with Crippen LogP contribution in [0.5, 0.6) is 5.75 Å². The molecule has 1 rings (SSSR count). The van der Waals surface area contributed by atoms with Crippen LogP contribution >= 0.6 is 0 Å². The quantitative estimate of drug-likeness (QED) is 0.813. The normalized spacial score (nSPS) is 12.8. The minimum Gasteiger partial charge on any atom is -0.496 e. The predicted molar refractivity (Wildman–Crippen MR) is 70.3 cm³/mol. The maximum Gasteiger partial charge on any atom is 0.132 e. The second-order valence-electron chi connectivity index (χ2n) is 4.46. The van der Waals surface area contributed by atoms with Gasteiger partial charge in [0, 0.05) is 6.54 Å². The molecule has 1 aromatic carbocycles. The van der Waals surface area contributed by atoms with Gasteiger partial charge in [0.25, 0.3) is 0 Å². The zero-order valence-corrected chi connectivity index (χ0v) is 11.3. The Kier molecular flexibility index (Phi) is 6.09. The van der Waals surface area contributed by atoms with E-state index in [0.29, 0.717) is 12.2 Å². The second-order valence-corrected chi connectivity index (χ2v) is 4.46. The van der Waals surface area contributed by atoms with Crippen LogP contribution in [0, 0.1) is 5.82 Å². The van der Waals surface area contributed by atoms with Crippen LogP contribution in [-0.2, 0) is 0 Å². The molecule has 0 amide bonds. The molecular weight excluding hydrogens is 233 g/mol. The number of aliphatic hydroxyl groups is 1. The molecule has 0 heterocycles. The third kappa shape index (κ3) is 3.96. The Morgan fingerprint density at radius 3 is 2.72 bits per heavy atom. The minimum absolute atomic E-state index is 0.255. The first kappa shape index (κ1) is 14.9. The van der Waals surface area contributed by atoms with Gasteiger partial charge in [-0.3, -0.25) is 0 Å². The maximum atomic E-state index is 13.7. The van der Waals surface area contributed by atoms with Crippen molar-refractivity contribution in [3.8, 4) is 5.75 Å². The lowest BCUT2D eigenvalue weighted by Gasteiger charge is -2.19. The summed E-state index contributed by atoms with van der Waals surface area (Å²) < 4.78 is 18.8. The summed E-state index contributed by atoms with van der Waals surface area (Å²) in [6.07, 6.45) is 0.726. The number of hydrogen-bond acceptors (Lipinski definition) is 3. The summed E-state index contributed by atoms with van der Waals surface area (Å²) in [5.74, 6) is -0.0133. The third-order valence-corrected chi connectivity index (χ3v) is 2.96. The van der Waals surface area contributed by atoms with Crippen LogP contribution in [0.1, 0.15) is 31.4 Å². The zero-order valence-electron chi connectivity index (χ0n) is 11.3. The molecule has 0 saturated carbocycles. The Hall–Kier alpha value is -1.13. The van der Waals surface area contributed by atoms with Gasteiger partial charge in [-0.2, -0.15) is 0 Å². The van der Waals surface area contributed by atoms with Gasteiger partial charge in [-0.1, -0.05) is 13.0 Å². The molecule has 1 N–H and O–H groups in total. The van der Waals surface area contributed by atoms with E-state index in [1.807, 2.05) is 7.05 Å². The van der Waals surface area contributed by atoms with Crippen LogP contribution in [0.15, 0.2) is 18.2 Å². The first-order valence-electron chi connectivity index (χ1n) is 6.29. The van der Waals surface area contributed by atoms with Crippen LogP contribution < -0.4 is 4.74 Å². The number of ether oxygens (including phenoxy) is 1. The number of methoxy groups -OCH3 is 1. The summed E-state index contributed by atoms with van der Waals surface area (Å²) in [5.41, 5.74) is 0.255. The van der Waals surface area contributed by atoms with Gasteiger partial charge in [0.15, 0.2) is 0 Å². The lowest BCUT2D eigenvalue weighted by molar-refractivity contribution is 0.141. The molecule has 0 radical (unpaired) electrons. The molecule has 102 valence electrons. The highest BCUT2D eigenvalue weighted by Gasteiger charge is 2.18. The number of hydrogen-bond donors (Lipinski definition) is 1. The SMILES string of the molecule is CCCN(C)CCC(O)c1c(F)cccc1OC. The van der Waals surface area contributed by atoms with Crippen LogP contribution in [0.4, 0.5) is 4.39 Å². The molecule has 1 atom stereocenters. The molecule has 18 heavy (non-hydrogen) atoms. The molecule has 1 aromatic rings. The number of halogens is 1. The highest BCUT2D eigenvalue weighted by Crippen LogP contribution is 2.29. The van der Waals surface area contributed by atoms with Gasteiger partial charge in [0.2, 0.25) is 0 Å². The fraction of sp³-hybridized carbons (Fsp3) is 0.571. The molecule has 0 saturated heterocycles. The monoisotopic (exact) mass is 255 g/mol. The molecule has 0 bridgehead atoms. The van der Waals surface area contributed by atoms with Gasteiger partial charge < -0.3 is 14.7 Å². The lowest BCUT2D eigenvalue weighted by atomic mass is 10.0. The van der Waals surface area contributed by atoms with E-state index in [1.54, 1.807) is 12.1 Å². The highest BCUT2D eigenvalue weighted by atomic mass is 19.1. The first-order valence-corrected chi connectivity index (χ1v) is 6.29. The number of aliphatic hydroxyl groups excluding tert-OH is 1. The maximum absolute atomic E-state index is 13.7. The van der Waals surface area contributed by atoms with Gasteiger partial charge in [0.05, 0.1) is 18.8 Å². The van der Waals surface area contributed by atoms with E-state index in [2.05, 4.69) is 11.8 Å². The second kappa shape index (κ2) is 7.34. The number of rotatable bonds is 7. The zero-order chi connectivity index (χ0) is 13.5. The van der Waals surface area contributed by atoms with Gasteiger partial charge in [-0.05, 0) is 38.6 Å². The number of nitrogens with zero attached hydrogens (tertiary/aromatic N) is 1. The van der Waals surface area contributed by atoms with Crippen molar-refractivity contribution >= 4 is 0 Å². The van der Waals surface area contributed by atoms with E-state index in [1.165, 1.54) is 13.2 Å². The van der Waals surface area contributed by atoms with Gasteiger partial charge in [0.1, 0.15) is 11.6 Å². The largest absolute Gasteiger partial charge is 0.496 e. The topological polar surface area (TPSA) is 32.7 Å². The molecule has 3 nitrogen and oxygen atoms in total. The smallest absolute Gasteiger partial charge is 0.132 e. The van der Waals surface area contributed by atoms with Crippen molar-refractivity contribution in [1.29, 1.82) is 0 Å². The van der Waals surface area contributed by atoms with Gasteiger partial charge in [-0.25, -0.2) is 4.39 Å². The van der Waals surface area contributed by atoms with Gasteiger partial charge >= 0.3 is 0 Å². The Labute approximate surface area is 108 Å². The fourth-order valence-corrected chi connectivity index (χ4v) is 2.00. The summed E-state index contributed by atoms with van der Waals surface area (Å²) >= 11 is 0. The van der Waals surface area contributed by atoms with Crippen molar-refractivity contribution in [2.45, 2.75) is 25.9 Å². The highest BCUT2D eigenvalue weighted by molar-refractivity contribution is 5.36. The van der Waals surface area contributed by atoms with E-state index in [0.717, 1.165) is 19.5 Å². The van der Waals surface area contributed by atoms with E-state index in [4.69, 9.17) is 4.74 Å². The standard InChI is InChI=1S/C14H22FNO2/c1-4-9-16(2)10-8-12(17)14-11(15)6-5-7-13(14)18-3/h5-7,12,17H,4,8-10H2,1-3H3. The molecule has 0 spiro atoms. The summed E-state index contributed by atoms with van der Waals surface area (Å²) in [6.45, 7) is 3.81. The van der Waals surface area contributed by atoms with E-state index < -0.39 is 11.9 Å². The van der Waals surface area contributed by atoms with Crippen molar-refractivity contribution < 1.29 is 14.2 Å². The van der Waals surface area contributed by atoms with Crippen molar-refractivity contribution in [2.75, 3.05) is 27.2 Å². The average molecular weight is 255 g/mol. The number of benzene rings is 1. The Balaban J connectivity index is 2.69. The summed E-state index contributed by atoms with van der Waals surface area (Å²) in [4.78, 5) is 2.12. The first-order chi connectivity index (χ1) is 8.60. The Morgan fingerprint density at radius 2 is 2.11 bits per heavy atom.